The van der Waals surface area contributed by atoms with Crippen molar-refractivity contribution < 1.29 is 24.5 Å². The first-order valence-electron chi connectivity index (χ1n) is 16.2. The molecule has 4 N–H and O–H groups in total. The molecule has 1 aromatic heterocycles. The van der Waals surface area contributed by atoms with Crippen LogP contribution >= 0.6 is 0 Å². The van der Waals surface area contributed by atoms with Gasteiger partial charge < -0.3 is 25.1 Å². The van der Waals surface area contributed by atoms with Gasteiger partial charge in [0.1, 0.15) is 5.58 Å². The smallest absolute Gasteiger partial charge is 0.336 e. The van der Waals surface area contributed by atoms with E-state index in [4.69, 9.17) is 4.42 Å². The van der Waals surface area contributed by atoms with Crippen LogP contribution < -0.4 is 10.9 Å². The summed E-state index contributed by atoms with van der Waals surface area (Å²) < 4.78 is 5.33. The van der Waals surface area contributed by atoms with E-state index in [1.165, 1.54) is 6.07 Å². The first kappa shape index (κ1) is 29.8. The van der Waals surface area contributed by atoms with Crippen LogP contribution in [0.4, 0.5) is 5.69 Å². The summed E-state index contributed by atoms with van der Waals surface area (Å²) in [6.45, 7) is 11.0. The Morgan fingerprint density at radius 1 is 1.07 bits per heavy atom. The summed E-state index contributed by atoms with van der Waals surface area (Å²) >= 11 is 0. The van der Waals surface area contributed by atoms with Gasteiger partial charge in [0.2, 0.25) is 5.91 Å². The Labute approximate surface area is 249 Å². The summed E-state index contributed by atoms with van der Waals surface area (Å²) in [5, 5.41) is 37.9. The van der Waals surface area contributed by atoms with Gasteiger partial charge in [-0.05, 0) is 122 Å². The molecule has 0 aliphatic heterocycles. The molecule has 1 heterocycles. The van der Waals surface area contributed by atoms with Gasteiger partial charge in [-0.25, -0.2) is 4.79 Å². The van der Waals surface area contributed by atoms with Gasteiger partial charge in [-0.15, -0.1) is 0 Å². The first-order chi connectivity index (χ1) is 19.8. The average molecular weight is 580 g/mol. The van der Waals surface area contributed by atoms with Crippen molar-refractivity contribution in [3.63, 3.8) is 0 Å². The molecule has 42 heavy (non-hydrogen) atoms. The largest absolute Gasteiger partial charge is 0.423 e. The van der Waals surface area contributed by atoms with Crippen molar-refractivity contribution in [1.82, 2.24) is 0 Å². The molecule has 4 saturated carbocycles. The normalized spacial score (nSPS) is 42.0. The lowest BCUT2D eigenvalue weighted by Gasteiger charge is -2.67. The van der Waals surface area contributed by atoms with E-state index in [1.807, 2.05) is 19.1 Å². The highest BCUT2D eigenvalue weighted by atomic mass is 16.4. The number of rotatable bonds is 5. The predicted molar refractivity (Wildman–Crippen MR) is 163 cm³/mol. The van der Waals surface area contributed by atoms with Gasteiger partial charge in [0.15, 0.2) is 0 Å². The topological polar surface area (TPSA) is 120 Å². The molecule has 4 fully saturated rings. The molecule has 7 nitrogen and oxygen atoms in total. The van der Waals surface area contributed by atoms with Crippen molar-refractivity contribution in [2.24, 2.45) is 45.8 Å². The number of aliphatic hydroxyl groups excluding tert-OH is 3. The zero-order chi connectivity index (χ0) is 30.2. The number of aliphatic hydroxyl groups is 3. The molecular weight excluding hydrogens is 530 g/mol. The number of aryl methyl sites for hydroxylation is 1. The summed E-state index contributed by atoms with van der Waals surface area (Å²) in [6, 6.07) is 6.87. The second-order valence-electron chi connectivity index (χ2n) is 15.3. The van der Waals surface area contributed by atoms with E-state index >= 15 is 0 Å². The Kier molecular flexibility index (Phi) is 7.42. The molecule has 0 radical (unpaired) electrons. The highest BCUT2D eigenvalue weighted by molar-refractivity contribution is 5.93. The van der Waals surface area contributed by atoms with E-state index < -0.39 is 17.8 Å². The van der Waals surface area contributed by atoms with Gasteiger partial charge in [-0.3, -0.25) is 4.79 Å². The molecule has 6 rings (SSSR count). The Hall–Kier alpha value is -2.22. The lowest BCUT2D eigenvalue weighted by molar-refractivity contribution is -0.233. The molecule has 0 saturated heterocycles. The molecule has 0 bridgehead atoms. The minimum absolute atomic E-state index is 0.00419. The standard InChI is InChI=1S/C35H49NO6/c1-19(6-11-30(40)36-21-7-8-23-20(2)14-31(41)42-28(23)15-21)24-9-10-25-32-26(16-29(39)35(24,25)5)34(4)13-12-22(37)17-33(34,3)18-27(32)38/h7-8,14-15,19,22,24-27,29,32,37-39H,6,9-13,16-18H2,1-5H3,(H,36,40)/t19-,22-,24-,25+,26+,27-,29+,32+,33+,34?,35-/m1/s1. The summed E-state index contributed by atoms with van der Waals surface area (Å²) in [4.78, 5) is 24.8. The molecule has 0 spiro atoms. The highest BCUT2D eigenvalue weighted by Crippen LogP contribution is 2.71. The van der Waals surface area contributed by atoms with E-state index in [9.17, 15) is 24.9 Å². The quantitative estimate of drug-likeness (QED) is 0.332. The van der Waals surface area contributed by atoms with Crippen molar-refractivity contribution in [3.05, 3.63) is 40.2 Å². The van der Waals surface area contributed by atoms with Crippen molar-refractivity contribution in [3.8, 4) is 0 Å². The minimum atomic E-state index is -0.443. The van der Waals surface area contributed by atoms with Gasteiger partial charge >= 0.3 is 5.63 Å². The summed E-state index contributed by atoms with van der Waals surface area (Å²) in [5.41, 5.74) is 1.11. The number of hydrogen-bond acceptors (Lipinski definition) is 6. The average Bonchev–Trinajstić information content (AvgIpc) is 3.27. The Balaban J connectivity index is 1.14. The van der Waals surface area contributed by atoms with Crippen LogP contribution in [0, 0.1) is 52.8 Å². The molecule has 230 valence electrons. The van der Waals surface area contributed by atoms with Crippen molar-refractivity contribution in [1.29, 1.82) is 0 Å². The zero-order valence-corrected chi connectivity index (χ0v) is 25.9. The molecule has 4 aliphatic carbocycles. The fourth-order valence-corrected chi connectivity index (χ4v) is 10.8. The van der Waals surface area contributed by atoms with Crippen molar-refractivity contribution in [2.75, 3.05) is 5.32 Å². The Bertz CT molecular complexity index is 1420. The van der Waals surface area contributed by atoms with E-state index in [0.29, 0.717) is 24.1 Å². The van der Waals surface area contributed by atoms with Crippen LogP contribution in [-0.2, 0) is 4.79 Å². The van der Waals surface area contributed by atoms with Gasteiger partial charge in [0.05, 0.1) is 18.3 Å². The summed E-state index contributed by atoms with van der Waals surface area (Å²) in [6.07, 6.45) is 5.87. The number of benzene rings is 1. The third-order valence-corrected chi connectivity index (χ3v) is 13.2. The number of anilines is 1. The SMILES string of the molecule is Cc1cc(=O)oc2cc(NC(=O)CC[C@@H](C)[C@H]3CC[C@H]4[C@@H]5[C@H](O)C[C@]6(C)C[C@H](O)CCC6(C)[C@H]5C[C@H](O)[C@]34C)ccc12. The van der Waals surface area contributed by atoms with Crippen LogP contribution in [0.25, 0.3) is 11.0 Å². The van der Waals surface area contributed by atoms with E-state index in [2.05, 4.69) is 33.0 Å². The molecule has 11 atom stereocenters. The lowest BCUT2D eigenvalue weighted by atomic mass is 9.39. The van der Waals surface area contributed by atoms with E-state index in [0.717, 1.165) is 55.9 Å². The number of nitrogens with one attached hydrogen (secondary N) is 1. The van der Waals surface area contributed by atoms with Crippen LogP contribution in [-0.4, -0.2) is 39.5 Å². The monoisotopic (exact) mass is 579 g/mol. The number of hydrogen-bond donors (Lipinski definition) is 4. The maximum absolute atomic E-state index is 13.0. The maximum atomic E-state index is 13.0. The maximum Gasteiger partial charge on any atom is 0.336 e. The molecule has 1 amide bonds. The van der Waals surface area contributed by atoms with Crippen molar-refractivity contribution in [2.45, 2.75) is 111 Å². The van der Waals surface area contributed by atoms with Crippen LogP contribution in [0.5, 0.6) is 0 Å². The third-order valence-electron chi connectivity index (χ3n) is 13.2. The fraction of sp³-hybridized carbons (Fsp3) is 0.714. The Morgan fingerprint density at radius 3 is 2.60 bits per heavy atom. The number of carbonyl (C=O) groups is 1. The van der Waals surface area contributed by atoms with E-state index in [1.54, 1.807) is 6.07 Å². The van der Waals surface area contributed by atoms with E-state index in [-0.39, 0.29) is 57.8 Å². The van der Waals surface area contributed by atoms with Gasteiger partial charge in [-0.2, -0.15) is 0 Å². The van der Waals surface area contributed by atoms with Gasteiger partial charge in [0, 0.05) is 29.6 Å². The molecule has 1 aromatic carbocycles. The molecule has 4 aliphatic rings. The molecule has 7 heteroatoms. The molecular formula is C35H49NO6. The zero-order valence-electron chi connectivity index (χ0n) is 25.9. The number of fused-ring (bicyclic) bond motifs is 6. The molecule has 2 aromatic rings. The minimum Gasteiger partial charge on any atom is -0.423 e. The molecule has 1 unspecified atom stereocenters. The lowest BCUT2D eigenvalue weighted by Crippen LogP contribution is -2.65. The number of carbonyl (C=O) groups excluding carboxylic acids is 1. The van der Waals surface area contributed by atoms with Crippen LogP contribution in [0.1, 0.15) is 91.0 Å². The highest BCUT2D eigenvalue weighted by Gasteiger charge is 2.68. The van der Waals surface area contributed by atoms with Crippen molar-refractivity contribution >= 4 is 22.6 Å². The predicted octanol–water partition coefficient (Wildman–Crippen LogP) is 5.81. The van der Waals surface area contributed by atoms with Crippen LogP contribution in [0.2, 0.25) is 0 Å². The third kappa shape index (κ3) is 4.57. The first-order valence-corrected chi connectivity index (χ1v) is 16.2. The van der Waals surface area contributed by atoms with Gasteiger partial charge in [0.25, 0.3) is 0 Å². The second kappa shape index (κ2) is 10.4. The van der Waals surface area contributed by atoms with Crippen LogP contribution in [0.15, 0.2) is 33.5 Å². The Morgan fingerprint density at radius 2 is 1.83 bits per heavy atom. The fourth-order valence-electron chi connectivity index (χ4n) is 10.8. The second-order valence-corrected chi connectivity index (χ2v) is 15.3. The summed E-state index contributed by atoms with van der Waals surface area (Å²) in [5.74, 6) is 1.14. The number of amides is 1. The van der Waals surface area contributed by atoms with Crippen LogP contribution in [0.3, 0.4) is 0 Å². The van der Waals surface area contributed by atoms with Gasteiger partial charge in [-0.1, -0.05) is 27.7 Å². The summed E-state index contributed by atoms with van der Waals surface area (Å²) in [7, 11) is 0.